The number of rotatable bonds is 7. The Labute approximate surface area is 216 Å². The molecule has 0 bridgehead atoms. The van der Waals surface area contributed by atoms with Gasteiger partial charge in [0.05, 0.1) is 28.3 Å². The van der Waals surface area contributed by atoms with Crippen LogP contribution in [0.15, 0.2) is 66.9 Å². The summed E-state index contributed by atoms with van der Waals surface area (Å²) >= 11 is 6.01. The summed E-state index contributed by atoms with van der Waals surface area (Å²) in [5.41, 5.74) is 14.7. The molecule has 1 atom stereocenters. The molecule has 0 radical (unpaired) electrons. The lowest BCUT2D eigenvalue weighted by Crippen LogP contribution is -2.19. The molecule has 12 heteroatoms. The molecule has 4 aromatic rings. The highest BCUT2D eigenvalue weighted by atomic mass is 35.5. The average Bonchev–Trinajstić information content (AvgIpc) is 3.42. The number of anilines is 1. The Hall–Kier alpha value is -4.64. The van der Waals surface area contributed by atoms with E-state index >= 15 is 0 Å². The van der Waals surface area contributed by atoms with Crippen molar-refractivity contribution in [2.75, 3.05) is 12.4 Å². The number of pyridine rings is 1. The molecule has 0 fully saturated rings. The third-order valence-electron chi connectivity index (χ3n) is 5.61. The fraction of sp³-hybridized carbons (Fsp3) is 0.160. The molecule has 0 aliphatic carbocycles. The number of oxazole rings is 1. The predicted molar refractivity (Wildman–Crippen MR) is 143 cm³/mol. The zero-order valence-electron chi connectivity index (χ0n) is 20.2. The van der Waals surface area contributed by atoms with Crippen LogP contribution in [0.5, 0.6) is 0 Å². The van der Waals surface area contributed by atoms with Crippen LogP contribution in [0.4, 0.5) is 5.69 Å². The van der Waals surface area contributed by atoms with Gasteiger partial charge in [0.25, 0.3) is 0 Å². The van der Waals surface area contributed by atoms with Crippen molar-refractivity contribution >= 4 is 45.9 Å². The summed E-state index contributed by atoms with van der Waals surface area (Å²) in [4.78, 5) is 26.2. The van der Waals surface area contributed by atoms with Crippen molar-refractivity contribution in [3.63, 3.8) is 0 Å². The fourth-order valence-corrected chi connectivity index (χ4v) is 4.14. The summed E-state index contributed by atoms with van der Waals surface area (Å²) in [5.74, 6) is -0.0174. The first-order valence-electron chi connectivity index (χ1n) is 11.0. The van der Waals surface area contributed by atoms with Gasteiger partial charge in [-0.2, -0.15) is 0 Å². The highest BCUT2D eigenvalue weighted by molar-refractivity contribution is 6.29. The molecule has 37 heavy (non-hydrogen) atoms. The van der Waals surface area contributed by atoms with E-state index in [0.29, 0.717) is 33.5 Å². The van der Waals surface area contributed by atoms with E-state index in [2.05, 4.69) is 25.4 Å². The lowest BCUT2D eigenvalue weighted by atomic mass is 9.97. The molecule has 11 nitrogen and oxygen atoms in total. The van der Waals surface area contributed by atoms with E-state index in [1.165, 1.54) is 25.1 Å². The third kappa shape index (κ3) is 4.89. The van der Waals surface area contributed by atoms with Crippen molar-refractivity contribution in [3.8, 4) is 11.3 Å². The minimum atomic E-state index is -0.422. The standard InChI is InChI=1S/C25H24ClN7O4/c1-12-6-15(13(2)31-17-4-5-19(26)32-21(17)25(28)33-35)24-16(7-12)22(34)20(18-10-36-11-30-18)23(37-24)14(8-27)9-29-3/h4-11,13,31,35H,27H2,1-3H3,(H2,28,33)/b14-8+,29-9?. The summed E-state index contributed by atoms with van der Waals surface area (Å²) in [7, 11) is 1.58. The number of halogens is 1. The number of nitrogens with zero attached hydrogens (tertiary/aromatic N) is 4. The first-order chi connectivity index (χ1) is 17.8. The molecule has 0 amide bonds. The molecule has 4 rings (SSSR count). The quantitative estimate of drug-likeness (QED) is 0.0916. The number of oxime groups is 1. The first kappa shape index (κ1) is 25.5. The summed E-state index contributed by atoms with van der Waals surface area (Å²) in [6.45, 7) is 3.75. The van der Waals surface area contributed by atoms with Crippen molar-refractivity contribution in [1.82, 2.24) is 9.97 Å². The summed E-state index contributed by atoms with van der Waals surface area (Å²) < 4.78 is 11.5. The largest absolute Gasteiger partial charge is 0.455 e. The number of hydrogen-bond acceptors (Lipinski definition) is 10. The monoisotopic (exact) mass is 521 g/mol. The summed E-state index contributed by atoms with van der Waals surface area (Å²) in [6, 6.07) is 6.46. The second-order valence-electron chi connectivity index (χ2n) is 8.13. The molecular weight excluding hydrogens is 498 g/mol. The highest BCUT2D eigenvalue weighted by Gasteiger charge is 2.24. The van der Waals surface area contributed by atoms with Crippen molar-refractivity contribution < 1.29 is 14.0 Å². The molecule has 0 saturated heterocycles. The van der Waals surface area contributed by atoms with Crippen LogP contribution in [0.1, 0.15) is 35.5 Å². The Bertz CT molecular complexity index is 1610. The van der Waals surface area contributed by atoms with Gasteiger partial charge >= 0.3 is 0 Å². The van der Waals surface area contributed by atoms with Gasteiger partial charge in [-0.1, -0.05) is 22.8 Å². The Balaban J connectivity index is 1.96. The van der Waals surface area contributed by atoms with Crippen LogP contribution in [0.2, 0.25) is 5.15 Å². The number of fused-ring (bicyclic) bond motifs is 1. The number of nitrogens with one attached hydrogen (secondary N) is 1. The van der Waals surface area contributed by atoms with Crippen LogP contribution in [-0.4, -0.2) is 34.3 Å². The van der Waals surface area contributed by atoms with Crippen molar-refractivity contribution in [3.05, 3.63) is 81.1 Å². The number of nitrogens with two attached hydrogens (primary N) is 2. The Kier molecular flexibility index (Phi) is 7.25. The van der Waals surface area contributed by atoms with Gasteiger partial charge in [0.1, 0.15) is 28.4 Å². The zero-order valence-corrected chi connectivity index (χ0v) is 20.9. The minimum absolute atomic E-state index is 0.168. The number of amidine groups is 1. The topological polar surface area (TPSA) is 178 Å². The smallest absolute Gasteiger partial charge is 0.202 e. The van der Waals surface area contributed by atoms with E-state index in [1.807, 2.05) is 19.9 Å². The summed E-state index contributed by atoms with van der Waals surface area (Å²) in [6.07, 6.45) is 5.39. The highest BCUT2D eigenvalue weighted by Crippen LogP contribution is 2.33. The Morgan fingerprint density at radius 2 is 2.11 bits per heavy atom. The third-order valence-corrected chi connectivity index (χ3v) is 5.82. The van der Waals surface area contributed by atoms with E-state index in [9.17, 15) is 10.0 Å². The molecule has 6 N–H and O–H groups in total. The van der Waals surface area contributed by atoms with E-state index < -0.39 is 6.04 Å². The van der Waals surface area contributed by atoms with Gasteiger partial charge in [-0.3, -0.25) is 9.79 Å². The molecule has 0 aliphatic heterocycles. The molecule has 0 aliphatic rings. The number of allylic oxidation sites excluding steroid dienone is 1. The van der Waals surface area contributed by atoms with Crippen LogP contribution in [0.3, 0.4) is 0 Å². The normalized spacial score (nSPS) is 13.4. The fourth-order valence-electron chi connectivity index (χ4n) is 3.99. The predicted octanol–water partition coefficient (Wildman–Crippen LogP) is 4.07. The van der Waals surface area contributed by atoms with E-state index in [1.54, 1.807) is 25.2 Å². The maximum absolute atomic E-state index is 13.8. The maximum atomic E-state index is 13.8. The second-order valence-corrected chi connectivity index (χ2v) is 8.52. The van der Waals surface area contributed by atoms with Crippen molar-refractivity contribution in [1.29, 1.82) is 0 Å². The first-order valence-corrected chi connectivity index (χ1v) is 11.4. The van der Waals surface area contributed by atoms with E-state index in [0.717, 1.165) is 5.56 Å². The van der Waals surface area contributed by atoms with Crippen LogP contribution in [0.25, 0.3) is 27.8 Å². The van der Waals surface area contributed by atoms with Crippen LogP contribution >= 0.6 is 11.6 Å². The van der Waals surface area contributed by atoms with Gasteiger partial charge in [-0.25, -0.2) is 9.97 Å². The number of aryl methyl sites for hydroxylation is 1. The number of aromatic nitrogens is 2. The molecule has 190 valence electrons. The van der Waals surface area contributed by atoms with Crippen molar-refractivity contribution in [2.45, 2.75) is 19.9 Å². The van der Waals surface area contributed by atoms with Crippen LogP contribution in [-0.2, 0) is 0 Å². The van der Waals surface area contributed by atoms with E-state index in [4.69, 9.17) is 31.9 Å². The number of hydrogen-bond donors (Lipinski definition) is 4. The second kappa shape index (κ2) is 10.5. The Morgan fingerprint density at radius 1 is 1.32 bits per heavy atom. The lowest BCUT2D eigenvalue weighted by molar-refractivity contribution is 0.318. The van der Waals surface area contributed by atoms with Crippen LogP contribution in [0, 0.1) is 6.92 Å². The zero-order chi connectivity index (χ0) is 26.7. The number of benzene rings is 1. The lowest BCUT2D eigenvalue weighted by Gasteiger charge is -2.20. The van der Waals surface area contributed by atoms with Gasteiger partial charge in [-0.15, -0.1) is 0 Å². The Morgan fingerprint density at radius 3 is 2.76 bits per heavy atom. The van der Waals surface area contributed by atoms with Crippen LogP contribution < -0.4 is 22.2 Å². The van der Waals surface area contributed by atoms with Gasteiger partial charge in [0.15, 0.2) is 18.0 Å². The SMILES string of the molecule is CN=C/C(=C\N)c1oc2c(C(C)Nc3ccc(Cl)nc3/C(N)=N/O)cc(C)cc2c(=O)c1-c1cocn1. The minimum Gasteiger partial charge on any atom is -0.455 e. The molecule has 0 saturated carbocycles. The maximum Gasteiger partial charge on any atom is 0.202 e. The molecule has 1 aromatic carbocycles. The van der Waals surface area contributed by atoms with Gasteiger partial charge in [0.2, 0.25) is 5.43 Å². The molecule has 3 aromatic heterocycles. The van der Waals surface area contributed by atoms with E-state index in [-0.39, 0.29) is 33.4 Å². The van der Waals surface area contributed by atoms with Crippen molar-refractivity contribution in [2.24, 2.45) is 21.6 Å². The average molecular weight is 522 g/mol. The number of aliphatic imine (C=N–C) groups is 1. The molecule has 1 unspecified atom stereocenters. The molecule has 0 spiro atoms. The molecule has 3 heterocycles. The van der Waals surface area contributed by atoms with Gasteiger partial charge < -0.3 is 30.8 Å². The summed E-state index contributed by atoms with van der Waals surface area (Å²) in [5, 5.41) is 16.0. The van der Waals surface area contributed by atoms with Gasteiger partial charge in [0, 0.05) is 25.0 Å². The molecular formula is C25H24ClN7O4. The van der Waals surface area contributed by atoms with Gasteiger partial charge in [-0.05, 0) is 37.6 Å².